The second-order valence-corrected chi connectivity index (χ2v) is 8.15. The number of rotatable bonds is 5. The molecule has 0 bridgehead atoms. The molecule has 2 aromatic carbocycles. The van der Waals surface area contributed by atoms with Crippen molar-refractivity contribution in [2.24, 2.45) is 0 Å². The van der Waals surface area contributed by atoms with E-state index in [9.17, 15) is 9.59 Å². The van der Waals surface area contributed by atoms with Crippen LogP contribution in [0.5, 0.6) is 5.75 Å². The van der Waals surface area contributed by atoms with E-state index >= 15 is 0 Å². The van der Waals surface area contributed by atoms with Crippen LogP contribution in [0.3, 0.4) is 0 Å². The van der Waals surface area contributed by atoms with Crippen LogP contribution in [0.1, 0.15) is 21.8 Å². The lowest BCUT2D eigenvalue weighted by Gasteiger charge is -2.05. The Kier molecular flexibility index (Phi) is 5.27. The zero-order valence-corrected chi connectivity index (χ0v) is 16.5. The molecule has 5 nitrogen and oxygen atoms in total. The van der Waals surface area contributed by atoms with Crippen LogP contribution < -0.4 is 10.2 Å². The zero-order valence-electron chi connectivity index (χ0n) is 14.9. The molecule has 0 radical (unpaired) electrons. The molecule has 0 saturated carbocycles. The number of hydrogen-bond donors (Lipinski definition) is 0. The molecule has 140 valence electrons. The first-order valence-electron chi connectivity index (χ1n) is 8.46. The Morgan fingerprint density at radius 2 is 2.00 bits per heavy atom. The van der Waals surface area contributed by atoms with Gasteiger partial charge in [0.1, 0.15) is 12.0 Å². The number of carbonyl (C=O) groups excluding carboxylic acids is 1. The number of hydrogen-bond acceptors (Lipinski definition) is 7. The zero-order chi connectivity index (χ0) is 19.5. The molecule has 0 aliphatic heterocycles. The summed E-state index contributed by atoms with van der Waals surface area (Å²) >= 11 is 3.03. The van der Waals surface area contributed by atoms with Gasteiger partial charge in [0.05, 0.1) is 11.3 Å². The SMILES string of the molecule is Cc1csc(SCc2cc(=O)c(OC(=O)c3ccc4ccccc4c3)co2)n1. The minimum Gasteiger partial charge on any atom is -0.464 e. The molecule has 4 aromatic rings. The van der Waals surface area contributed by atoms with E-state index in [2.05, 4.69) is 4.98 Å². The highest BCUT2D eigenvalue weighted by molar-refractivity contribution is 8.00. The lowest BCUT2D eigenvalue weighted by atomic mass is 10.1. The minimum absolute atomic E-state index is 0.128. The largest absolute Gasteiger partial charge is 0.464 e. The van der Waals surface area contributed by atoms with Crippen molar-refractivity contribution in [1.82, 2.24) is 4.98 Å². The average molecular weight is 409 g/mol. The van der Waals surface area contributed by atoms with Crippen molar-refractivity contribution < 1.29 is 13.9 Å². The fraction of sp³-hybridized carbons (Fsp3) is 0.0952. The van der Waals surface area contributed by atoms with Crippen LogP contribution in [0, 0.1) is 6.92 Å². The van der Waals surface area contributed by atoms with E-state index in [1.165, 1.54) is 24.1 Å². The Morgan fingerprint density at radius 3 is 2.75 bits per heavy atom. The van der Waals surface area contributed by atoms with Crippen LogP contribution in [0.2, 0.25) is 0 Å². The maximum atomic E-state index is 12.4. The summed E-state index contributed by atoms with van der Waals surface area (Å²) in [6, 6.07) is 14.3. The topological polar surface area (TPSA) is 69.4 Å². The summed E-state index contributed by atoms with van der Waals surface area (Å²) in [5.74, 6) is 0.241. The standard InChI is InChI=1S/C21H15NO4S2/c1-13-11-27-21(22-13)28-12-17-9-18(23)19(10-25-17)26-20(24)16-7-6-14-4-2-3-5-15(14)8-16/h2-11H,12H2,1H3. The molecule has 4 rings (SSSR count). The summed E-state index contributed by atoms with van der Waals surface area (Å²) in [4.78, 5) is 29.0. The van der Waals surface area contributed by atoms with Gasteiger partial charge in [-0.1, -0.05) is 42.1 Å². The number of aromatic nitrogens is 1. The quantitative estimate of drug-likeness (QED) is 0.339. The lowest BCUT2D eigenvalue weighted by molar-refractivity contribution is 0.0729. The van der Waals surface area contributed by atoms with Gasteiger partial charge in [-0.05, 0) is 29.8 Å². The van der Waals surface area contributed by atoms with E-state index in [1.54, 1.807) is 23.5 Å². The van der Waals surface area contributed by atoms with E-state index in [4.69, 9.17) is 9.15 Å². The number of carbonyl (C=O) groups is 1. The first-order chi connectivity index (χ1) is 13.6. The second-order valence-electron chi connectivity index (χ2n) is 6.07. The molecule has 0 aliphatic carbocycles. The van der Waals surface area contributed by atoms with Crippen LogP contribution in [-0.2, 0) is 5.75 Å². The number of benzene rings is 2. The third-order valence-corrected chi connectivity index (χ3v) is 6.14. The van der Waals surface area contributed by atoms with Crippen molar-refractivity contribution in [2.45, 2.75) is 17.0 Å². The second kappa shape index (κ2) is 8.00. The van der Waals surface area contributed by atoms with Crippen LogP contribution in [0.25, 0.3) is 10.8 Å². The summed E-state index contributed by atoms with van der Waals surface area (Å²) < 4.78 is 11.6. The van der Waals surface area contributed by atoms with Crippen molar-refractivity contribution in [1.29, 1.82) is 0 Å². The number of ether oxygens (including phenoxy) is 1. The highest BCUT2D eigenvalue weighted by Crippen LogP contribution is 2.26. The number of aryl methyl sites for hydroxylation is 1. The smallest absolute Gasteiger partial charge is 0.343 e. The monoisotopic (exact) mass is 409 g/mol. The van der Waals surface area contributed by atoms with E-state index in [1.807, 2.05) is 42.6 Å². The number of thioether (sulfide) groups is 1. The van der Waals surface area contributed by atoms with Gasteiger partial charge in [0.2, 0.25) is 11.2 Å². The van der Waals surface area contributed by atoms with Gasteiger partial charge in [-0.25, -0.2) is 9.78 Å². The molecule has 2 heterocycles. The summed E-state index contributed by atoms with van der Waals surface area (Å²) in [5, 5.41) is 3.91. The van der Waals surface area contributed by atoms with Crippen molar-refractivity contribution in [3.8, 4) is 5.75 Å². The van der Waals surface area contributed by atoms with Crippen LogP contribution in [0.15, 0.2) is 73.7 Å². The molecule has 0 spiro atoms. The fourth-order valence-corrected chi connectivity index (χ4v) is 4.34. The van der Waals surface area contributed by atoms with Crippen LogP contribution >= 0.6 is 23.1 Å². The van der Waals surface area contributed by atoms with E-state index in [-0.39, 0.29) is 5.75 Å². The molecule has 0 fully saturated rings. The molecule has 0 unspecified atom stereocenters. The molecule has 0 atom stereocenters. The molecular weight excluding hydrogens is 394 g/mol. The van der Waals surface area contributed by atoms with Crippen LogP contribution in [-0.4, -0.2) is 11.0 Å². The average Bonchev–Trinajstić information content (AvgIpc) is 3.13. The van der Waals surface area contributed by atoms with Crippen molar-refractivity contribution >= 4 is 39.8 Å². The van der Waals surface area contributed by atoms with Gasteiger partial charge in [0, 0.05) is 17.1 Å². The molecule has 2 aromatic heterocycles. The van der Waals surface area contributed by atoms with Gasteiger partial charge in [-0.3, -0.25) is 4.79 Å². The van der Waals surface area contributed by atoms with Crippen LogP contribution in [0.4, 0.5) is 0 Å². The van der Waals surface area contributed by atoms with E-state index < -0.39 is 11.4 Å². The molecule has 0 amide bonds. The molecule has 7 heteroatoms. The van der Waals surface area contributed by atoms with Gasteiger partial charge >= 0.3 is 5.97 Å². The predicted octanol–water partition coefficient (Wildman–Crippen LogP) is 5.07. The molecule has 0 aliphatic rings. The summed E-state index contributed by atoms with van der Waals surface area (Å²) in [7, 11) is 0. The number of esters is 1. The maximum Gasteiger partial charge on any atom is 0.343 e. The Bertz CT molecular complexity index is 1210. The molecule has 0 saturated heterocycles. The van der Waals surface area contributed by atoms with Crippen molar-refractivity contribution in [3.63, 3.8) is 0 Å². The summed E-state index contributed by atoms with van der Waals surface area (Å²) in [6.07, 6.45) is 1.18. The highest BCUT2D eigenvalue weighted by atomic mass is 32.2. The fourth-order valence-electron chi connectivity index (χ4n) is 2.60. The van der Waals surface area contributed by atoms with E-state index in [0.29, 0.717) is 17.1 Å². The Hall–Kier alpha value is -2.90. The van der Waals surface area contributed by atoms with E-state index in [0.717, 1.165) is 20.8 Å². The number of nitrogens with zero attached hydrogens (tertiary/aromatic N) is 1. The first kappa shape index (κ1) is 18.5. The highest BCUT2D eigenvalue weighted by Gasteiger charge is 2.13. The summed E-state index contributed by atoms with van der Waals surface area (Å²) in [5.41, 5.74) is 0.938. The van der Waals surface area contributed by atoms with Gasteiger partial charge in [0.25, 0.3) is 0 Å². The normalized spacial score (nSPS) is 10.9. The minimum atomic E-state index is -0.599. The number of thiazole rings is 1. The Morgan fingerprint density at radius 1 is 1.18 bits per heavy atom. The van der Waals surface area contributed by atoms with Gasteiger partial charge < -0.3 is 9.15 Å². The maximum absolute atomic E-state index is 12.4. The van der Waals surface area contributed by atoms with Gasteiger partial charge in [-0.2, -0.15) is 0 Å². The van der Waals surface area contributed by atoms with Gasteiger partial charge in [-0.15, -0.1) is 11.3 Å². The number of fused-ring (bicyclic) bond motifs is 1. The Labute approximate surface area is 169 Å². The third kappa shape index (κ3) is 4.16. The summed E-state index contributed by atoms with van der Waals surface area (Å²) in [6.45, 7) is 1.93. The molecular formula is C21H15NO4S2. The van der Waals surface area contributed by atoms with Gasteiger partial charge in [0.15, 0.2) is 4.34 Å². The van der Waals surface area contributed by atoms with Crippen molar-refractivity contribution in [3.05, 3.63) is 87.4 Å². The lowest BCUT2D eigenvalue weighted by Crippen LogP contribution is -2.14. The van der Waals surface area contributed by atoms with Crippen molar-refractivity contribution in [2.75, 3.05) is 0 Å². The predicted molar refractivity (Wildman–Crippen MR) is 110 cm³/mol. The molecule has 0 N–H and O–H groups in total. The molecule has 28 heavy (non-hydrogen) atoms. The third-order valence-electron chi connectivity index (χ3n) is 3.98. The first-order valence-corrected chi connectivity index (χ1v) is 10.3. The Balaban J connectivity index is 1.46.